The maximum absolute atomic E-state index is 13.5. The average Bonchev–Trinajstić information content (AvgIpc) is 2.82. The van der Waals surface area contributed by atoms with Crippen molar-refractivity contribution >= 4 is 21.6 Å². The van der Waals surface area contributed by atoms with Crippen LogP contribution in [0, 0.1) is 20.8 Å². The second kappa shape index (κ2) is 11.2. The zero-order valence-corrected chi connectivity index (χ0v) is 21.0. The molecule has 0 aliphatic heterocycles. The Morgan fingerprint density at radius 1 is 0.912 bits per heavy atom. The smallest absolute Gasteiger partial charge is 0.264 e. The predicted octanol–water partition coefficient (Wildman–Crippen LogP) is 4.56. The molecule has 3 aromatic rings. The van der Waals surface area contributed by atoms with Crippen molar-refractivity contribution in [2.45, 2.75) is 39.0 Å². The Balaban J connectivity index is 1.71. The van der Waals surface area contributed by atoms with Crippen LogP contribution in [0.5, 0.6) is 5.75 Å². The molecule has 3 aromatic carbocycles. The molecule has 0 aromatic heterocycles. The number of nitrogens with zero attached hydrogens (tertiary/aromatic N) is 1. The fraction of sp³-hybridized carbons (Fsp3) is 0.296. The molecule has 0 aliphatic rings. The van der Waals surface area contributed by atoms with Crippen molar-refractivity contribution in [3.8, 4) is 5.75 Å². The number of amides is 1. The van der Waals surface area contributed by atoms with Crippen LogP contribution in [0.25, 0.3) is 0 Å². The standard InChI is InChI=1S/C27H32N2O4S/c1-5-23-9-12-25(13-10-23)33-17-16-28-27(30)19-29(24-11-8-21(3)22(4)18-24)34(31,32)26-14-6-20(2)7-15-26/h6-15,18H,5,16-17,19H2,1-4H3,(H,28,30). The van der Waals surface area contributed by atoms with Gasteiger partial charge in [0.2, 0.25) is 5.91 Å². The SMILES string of the molecule is CCc1ccc(OCCNC(=O)CN(c2ccc(C)c(C)c2)S(=O)(=O)c2ccc(C)cc2)cc1. The van der Waals surface area contributed by atoms with E-state index in [-0.39, 0.29) is 24.6 Å². The number of sulfonamides is 1. The Labute approximate surface area is 202 Å². The molecular weight excluding hydrogens is 448 g/mol. The molecule has 6 nitrogen and oxygen atoms in total. The molecule has 1 amide bonds. The van der Waals surface area contributed by atoms with Gasteiger partial charge in [0.25, 0.3) is 10.0 Å². The van der Waals surface area contributed by atoms with Crippen LogP contribution in [0.1, 0.15) is 29.2 Å². The molecule has 0 heterocycles. The number of carbonyl (C=O) groups is 1. The van der Waals surface area contributed by atoms with Crippen LogP contribution in [-0.4, -0.2) is 34.0 Å². The van der Waals surface area contributed by atoms with Gasteiger partial charge in [-0.05, 0) is 80.3 Å². The van der Waals surface area contributed by atoms with Gasteiger partial charge in [-0.2, -0.15) is 0 Å². The zero-order chi connectivity index (χ0) is 24.7. The van der Waals surface area contributed by atoms with Gasteiger partial charge in [0.1, 0.15) is 18.9 Å². The third-order valence-electron chi connectivity index (χ3n) is 5.70. The largest absolute Gasteiger partial charge is 0.492 e. The van der Waals surface area contributed by atoms with Crippen molar-refractivity contribution < 1.29 is 17.9 Å². The van der Waals surface area contributed by atoms with Crippen molar-refractivity contribution in [3.63, 3.8) is 0 Å². The van der Waals surface area contributed by atoms with Gasteiger partial charge in [-0.25, -0.2) is 8.42 Å². The van der Waals surface area contributed by atoms with Gasteiger partial charge in [0.15, 0.2) is 0 Å². The van der Waals surface area contributed by atoms with E-state index in [9.17, 15) is 13.2 Å². The van der Waals surface area contributed by atoms with Gasteiger partial charge >= 0.3 is 0 Å². The molecular formula is C27H32N2O4S. The quantitative estimate of drug-likeness (QED) is 0.432. The maximum atomic E-state index is 13.5. The first-order valence-corrected chi connectivity index (χ1v) is 12.8. The Morgan fingerprint density at radius 3 is 2.21 bits per heavy atom. The predicted molar refractivity (Wildman–Crippen MR) is 136 cm³/mol. The third kappa shape index (κ3) is 6.38. The van der Waals surface area contributed by atoms with Gasteiger partial charge in [-0.15, -0.1) is 0 Å². The molecule has 180 valence electrons. The number of benzene rings is 3. The summed E-state index contributed by atoms with van der Waals surface area (Å²) in [6.07, 6.45) is 0.957. The minimum Gasteiger partial charge on any atom is -0.492 e. The lowest BCUT2D eigenvalue weighted by Gasteiger charge is -2.25. The zero-order valence-electron chi connectivity index (χ0n) is 20.2. The first-order valence-electron chi connectivity index (χ1n) is 11.4. The lowest BCUT2D eigenvalue weighted by atomic mass is 10.1. The number of hydrogen-bond acceptors (Lipinski definition) is 4. The molecule has 0 spiro atoms. The number of hydrogen-bond donors (Lipinski definition) is 1. The number of rotatable bonds is 10. The molecule has 34 heavy (non-hydrogen) atoms. The van der Waals surface area contributed by atoms with Crippen molar-refractivity contribution in [2.75, 3.05) is 24.0 Å². The lowest BCUT2D eigenvalue weighted by molar-refractivity contribution is -0.119. The van der Waals surface area contributed by atoms with E-state index in [2.05, 4.69) is 12.2 Å². The molecule has 0 saturated carbocycles. The lowest BCUT2D eigenvalue weighted by Crippen LogP contribution is -2.42. The Kier molecular flexibility index (Phi) is 8.34. The molecule has 0 fully saturated rings. The van der Waals surface area contributed by atoms with E-state index in [1.807, 2.05) is 51.1 Å². The number of nitrogens with one attached hydrogen (secondary N) is 1. The van der Waals surface area contributed by atoms with Crippen molar-refractivity contribution in [3.05, 3.63) is 89.0 Å². The van der Waals surface area contributed by atoms with E-state index in [0.29, 0.717) is 5.69 Å². The average molecular weight is 481 g/mol. The maximum Gasteiger partial charge on any atom is 0.264 e. The summed E-state index contributed by atoms with van der Waals surface area (Å²) in [5.74, 6) is 0.323. The fourth-order valence-corrected chi connectivity index (χ4v) is 4.81. The summed E-state index contributed by atoms with van der Waals surface area (Å²) >= 11 is 0. The first-order chi connectivity index (χ1) is 16.2. The van der Waals surface area contributed by atoms with Crippen LogP contribution in [0.2, 0.25) is 0 Å². The van der Waals surface area contributed by atoms with Gasteiger partial charge in [-0.1, -0.05) is 42.8 Å². The van der Waals surface area contributed by atoms with Gasteiger partial charge in [0, 0.05) is 0 Å². The Hall–Kier alpha value is -3.32. The molecule has 0 bridgehead atoms. The van der Waals surface area contributed by atoms with E-state index in [0.717, 1.165) is 33.2 Å². The fourth-order valence-electron chi connectivity index (χ4n) is 3.40. The van der Waals surface area contributed by atoms with E-state index < -0.39 is 15.9 Å². The minimum atomic E-state index is -3.93. The van der Waals surface area contributed by atoms with E-state index >= 15 is 0 Å². The van der Waals surface area contributed by atoms with Gasteiger partial charge in [0.05, 0.1) is 17.1 Å². The van der Waals surface area contributed by atoms with Crippen LogP contribution < -0.4 is 14.4 Å². The van der Waals surface area contributed by atoms with Crippen LogP contribution in [0.15, 0.2) is 71.6 Å². The highest BCUT2D eigenvalue weighted by Gasteiger charge is 2.27. The summed E-state index contributed by atoms with van der Waals surface area (Å²) in [4.78, 5) is 12.9. The minimum absolute atomic E-state index is 0.142. The Morgan fingerprint density at radius 2 is 1.59 bits per heavy atom. The summed E-state index contributed by atoms with van der Waals surface area (Å²) < 4.78 is 33.8. The van der Waals surface area contributed by atoms with Crippen molar-refractivity contribution in [1.29, 1.82) is 0 Å². The summed E-state index contributed by atoms with van der Waals surface area (Å²) in [6.45, 7) is 8.08. The van der Waals surface area contributed by atoms with Gasteiger partial charge < -0.3 is 10.1 Å². The van der Waals surface area contributed by atoms with Crippen LogP contribution >= 0.6 is 0 Å². The first kappa shape index (κ1) is 25.3. The molecule has 0 unspecified atom stereocenters. The monoisotopic (exact) mass is 480 g/mol. The number of ether oxygens (including phenoxy) is 1. The molecule has 0 aliphatic carbocycles. The number of anilines is 1. The van der Waals surface area contributed by atoms with Crippen LogP contribution in [0.4, 0.5) is 5.69 Å². The molecule has 0 saturated heterocycles. The second-order valence-electron chi connectivity index (χ2n) is 8.29. The summed E-state index contributed by atoms with van der Waals surface area (Å²) in [5.41, 5.74) is 4.63. The highest BCUT2D eigenvalue weighted by atomic mass is 32.2. The molecule has 3 rings (SSSR count). The summed E-state index contributed by atoms with van der Waals surface area (Å²) in [6, 6.07) is 19.8. The molecule has 1 N–H and O–H groups in total. The number of aryl methyl sites for hydroxylation is 4. The van der Waals surface area contributed by atoms with E-state index in [1.165, 1.54) is 5.56 Å². The molecule has 0 radical (unpaired) electrons. The van der Waals surface area contributed by atoms with Crippen molar-refractivity contribution in [2.24, 2.45) is 0 Å². The highest BCUT2D eigenvalue weighted by molar-refractivity contribution is 7.92. The van der Waals surface area contributed by atoms with Crippen LogP contribution in [-0.2, 0) is 21.2 Å². The molecule has 7 heteroatoms. The normalized spacial score (nSPS) is 11.2. The topological polar surface area (TPSA) is 75.7 Å². The summed E-state index contributed by atoms with van der Waals surface area (Å²) in [7, 11) is -3.93. The van der Waals surface area contributed by atoms with Gasteiger partial charge in [-0.3, -0.25) is 9.10 Å². The molecule has 0 atom stereocenters. The van der Waals surface area contributed by atoms with Crippen LogP contribution in [0.3, 0.4) is 0 Å². The van der Waals surface area contributed by atoms with E-state index in [1.54, 1.807) is 36.4 Å². The number of carbonyl (C=O) groups excluding carboxylic acids is 1. The highest BCUT2D eigenvalue weighted by Crippen LogP contribution is 2.26. The Bertz CT molecular complexity index is 1220. The third-order valence-corrected chi connectivity index (χ3v) is 7.49. The van der Waals surface area contributed by atoms with E-state index in [4.69, 9.17) is 4.74 Å². The summed E-state index contributed by atoms with van der Waals surface area (Å²) in [5, 5.41) is 2.76. The second-order valence-corrected chi connectivity index (χ2v) is 10.2. The van der Waals surface area contributed by atoms with Crippen molar-refractivity contribution in [1.82, 2.24) is 5.32 Å².